The molecule has 0 aliphatic carbocycles. The summed E-state index contributed by atoms with van der Waals surface area (Å²) < 4.78 is 5.39. The number of thioether (sulfide) groups is 1. The third kappa shape index (κ3) is 5.86. The lowest BCUT2D eigenvalue weighted by molar-refractivity contribution is 0.247. The SMILES string of the molecule is COc1cccc(CN(Cc2ccc(CN)cc2)Cc2ccc(SC)cc2)c1. The predicted molar refractivity (Wildman–Crippen MR) is 119 cm³/mol. The average molecular weight is 393 g/mol. The number of nitrogens with zero attached hydrogens (tertiary/aromatic N) is 1. The number of hydrogen-bond donors (Lipinski definition) is 1. The van der Waals surface area contributed by atoms with Crippen LogP contribution in [-0.2, 0) is 26.2 Å². The van der Waals surface area contributed by atoms with Crippen LogP contribution in [0.3, 0.4) is 0 Å². The second kappa shape index (κ2) is 10.3. The van der Waals surface area contributed by atoms with Gasteiger partial charge >= 0.3 is 0 Å². The van der Waals surface area contributed by atoms with Crippen LogP contribution >= 0.6 is 11.8 Å². The van der Waals surface area contributed by atoms with Crippen molar-refractivity contribution in [2.75, 3.05) is 13.4 Å². The van der Waals surface area contributed by atoms with E-state index >= 15 is 0 Å². The lowest BCUT2D eigenvalue weighted by atomic mass is 10.1. The first kappa shape index (κ1) is 20.5. The third-order valence-electron chi connectivity index (χ3n) is 4.77. The second-order valence-corrected chi connectivity index (χ2v) is 7.75. The quantitative estimate of drug-likeness (QED) is 0.516. The van der Waals surface area contributed by atoms with E-state index in [1.54, 1.807) is 18.9 Å². The van der Waals surface area contributed by atoms with Crippen LogP contribution in [0.25, 0.3) is 0 Å². The number of hydrogen-bond acceptors (Lipinski definition) is 4. The van der Waals surface area contributed by atoms with Crippen molar-refractivity contribution in [3.05, 3.63) is 95.1 Å². The van der Waals surface area contributed by atoms with E-state index in [0.29, 0.717) is 6.54 Å². The predicted octanol–water partition coefficient (Wildman–Crippen LogP) is 5.08. The first-order chi connectivity index (χ1) is 13.7. The van der Waals surface area contributed by atoms with Gasteiger partial charge in [-0.2, -0.15) is 0 Å². The van der Waals surface area contributed by atoms with E-state index in [-0.39, 0.29) is 0 Å². The molecule has 0 fully saturated rings. The fourth-order valence-corrected chi connectivity index (χ4v) is 3.63. The Bertz CT molecular complexity index is 813. The number of nitrogens with two attached hydrogens (primary N) is 1. The zero-order chi connectivity index (χ0) is 19.8. The molecule has 28 heavy (non-hydrogen) atoms. The monoisotopic (exact) mass is 392 g/mol. The van der Waals surface area contributed by atoms with Crippen LogP contribution in [0.4, 0.5) is 0 Å². The molecule has 3 rings (SSSR count). The number of rotatable bonds is 9. The Hall–Kier alpha value is -2.27. The molecule has 3 nitrogen and oxygen atoms in total. The van der Waals surface area contributed by atoms with Gasteiger partial charge in [0.2, 0.25) is 0 Å². The summed E-state index contributed by atoms with van der Waals surface area (Å²) in [5.74, 6) is 0.897. The smallest absolute Gasteiger partial charge is 0.119 e. The summed E-state index contributed by atoms with van der Waals surface area (Å²) in [6, 6.07) is 25.7. The minimum absolute atomic E-state index is 0.579. The number of methoxy groups -OCH3 is 1. The Labute approximate surface area is 172 Å². The maximum Gasteiger partial charge on any atom is 0.119 e. The van der Waals surface area contributed by atoms with Gasteiger partial charge in [0.1, 0.15) is 5.75 Å². The molecule has 0 saturated carbocycles. The summed E-state index contributed by atoms with van der Waals surface area (Å²) in [6.07, 6.45) is 2.11. The maximum atomic E-state index is 5.73. The van der Waals surface area contributed by atoms with Crippen molar-refractivity contribution in [1.82, 2.24) is 4.90 Å². The van der Waals surface area contributed by atoms with Crippen molar-refractivity contribution in [2.45, 2.75) is 31.1 Å². The summed E-state index contributed by atoms with van der Waals surface area (Å²) in [5.41, 5.74) is 10.8. The highest BCUT2D eigenvalue weighted by Crippen LogP contribution is 2.20. The van der Waals surface area contributed by atoms with Crippen LogP contribution in [0, 0.1) is 0 Å². The molecule has 0 aliphatic heterocycles. The molecule has 2 N–H and O–H groups in total. The Morgan fingerprint density at radius 3 is 1.93 bits per heavy atom. The van der Waals surface area contributed by atoms with Crippen molar-refractivity contribution >= 4 is 11.8 Å². The van der Waals surface area contributed by atoms with E-state index < -0.39 is 0 Å². The molecule has 0 atom stereocenters. The maximum absolute atomic E-state index is 5.73. The normalized spacial score (nSPS) is 11.0. The minimum atomic E-state index is 0.579. The topological polar surface area (TPSA) is 38.5 Å². The molecule has 0 saturated heterocycles. The Morgan fingerprint density at radius 2 is 1.36 bits per heavy atom. The molecule has 0 amide bonds. The molecule has 4 heteroatoms. The fraction of sp³-hybridized carbons (Fsp3) is 0.250. The van der Waals surface area contributed by atoms with Crippen LogP contribution in [-0.4, -0.2) is 18.3 Å². The molecular formula is C24H28N2OS. The van der Waals surface area contributed by atoms with Gasteiger partial charge in [-0.3, -0.25) is 4.90 Å². The zero-order valence-corrected chi connectivity index (χ0v) is 17.4. The Balaban J connectivity index is 1.78. The fourth-order valence-electron chi connectivity index (χ4n) is 3.22. The third-order valence-corrected chi connectivity index (χ3v) is 5.51. The molecule has 146 valence electrons. The second-order valence-electron chi connectivity index (χ2n) is 6.87. The summed E-state index contributed by atoms with van der Waals surface area (Å²) in [7, 11) is 1.71. The molecule has 0 heterocycles. The van der Waals surface area contributed by atoms with Gasteiger partial charge in [0.25, 0.3) is 0 Å². The van der Waals surface area contributed by atoms with Crippen LogP contribution < -0.4 is 10.5 Å². The van der Waals surface area contributed by atoms with Gasteiger partial charge in [0, 0.05) is 31.1 Å². The summed E-state index contributed by atoms with van der Waals surface area (Å²) >= 11 is 1.77. The van der Waals surface area contributed by atoms with Gasteiger partial charge in [0.15, 0.2) is 0 Å². The highest BCUT2D eigenvalue weighted by atomic mass is 32.2. The molecule has 0 aliphatic rings. The van der Waals surface area contributed by atoms with E-state index in [2.05, 4.69) is 77.9 Å². The molecule has 0 bridgehead atoms. The summed E-state index contributed by atoms with van der Waals surface area (Å²) in [5, 5.41) is 0. The molecule has 3 aromatic rings. The standard InChI is InChI=1S/C24H28N2OS/c1-27-23-5-3-4-22(14-23)18-26(16-20-8-6-19(15-25)7-9-20)17-21-10-12-24(28-2)13-11-21/h3-14H,15-18,25H2,1-2H3. The number of benzene rings is 3. The number of ether oxygens (including phenoxy) is 1. The van der Waals surface area contributed by atoms with Gasteiger partial charge in [-0.05, 0) is 52.8 Å². The Kier molecular flexibility index (Phi) is 7.54. The zero-order valence-electron chi connectivity index (χ0n) is 16.6. The van der Waals surface area contributed by atoms with E-state index in [1.165, 1.54) is 21.6 Å². The van der Waals surface area contributed by atoms with Crippen LogP contribution in [0.1, 0.15) is 22.3 Å². The van der Waals surface area contributed by atoms with Gasteiger partial charge in [-0.15, -0.1) is 11.8 Å². The molecule has 0 spiro atoms. The first-order valence-corrected chi connectivity index (χ1v) is 10.7. The largest absolute Gasteiger partial charge is 0.497 e. The van der Waals surface area contributed by atoms with Crippen LogP contribution in [0.15, 0.2) is 77.7 Å². The molecular weight excluding hydrogens is 364 g/mol. The molecule has 0 radical (unpaired) electrons. The van der Waals surface area contributed by atoms with Crippen molar-refractivity contribution in [3.8, 4) is 5.75 Å². The molecule has 0 unspecified atom stereocenters. The summed E-state index contributed by atoms with van der Waals surface area (Å²) in [4.78, 5) is 3.75. The van der Waals surface area contributed by atoms with Gasteiger partial charge in [0.05, 0.1) is 7.11 Å². The van der Waals surface area contributed by atoms with Crippen molar-refractivity contribution < 1.29 is 4.74 Å². The molecule has 0 aromatic heterocycles. The highest BCUT2D eigenvalue weighted by molar-refractivity contribution is 7.98. The van der Waals surface area contributed by atoms with E-state index in [9.17, 15) is 0 Å². The van der Waals surface area contributed by atoms with E-state index in [4.69, 9.17) is 10.5 Å². The minimum Gasteiger partial charge on any atom is -0.497 e. The van der Waals surface area contributed by atoms with Crippen molar-refractivity contribution in [3.63, 3.8) is 0 Å². The van der Waals surface area contributed by atoms with Crippen LogP contribution in [0.2, 0.25) is 0 Å². The Morgan fingerprint density at radius 1 is 0.786 bits per heavy atom. The van der Waals surface area contributed by atoms with Gasteiger partial charge in [-0.25, -0.2) is 0 Å². The molecule has 3 aromatic carbocycles. The average Bonchev–Trinajstić information content (AvgIpc) is 2.75. The lowest BCUT2D eigenvalue weighted by Crippen LogP contribution is -2.22. The van der Waals surface area contributed by atoms with Gasteiger partial charge in [-0.1, -0.05) is 48.5 Å². The van der Waals surface area contributed by atoms with Crippen LogP contribution in [0.5, 0.6) is 5.75 Å². The van der Waals surface area contributed by atoms with Crippen molar-refractivity contribution in [1.29, 1.82) is 0 Å². The lowest BCUT2D eigenvalue weighted by Gasteiger charge is -2.23. The van der Waals surface area contributed by atoms with Gasteiger partial charge < -0.3 is 10.5 Å². The van der Waals surface area contributed by atoms with Crippen molar-refractivity contribution in [2.24, 2.45) is 5.73 Å². The van der Waals surface area contributed by atoms with E-state index in [0.717, 1.165) is 30.9 Å². The van der Waals surface area contributed by atoms with E-state index in [1.807, 2.05) is 6.07 Å². The highest BCUT2D eigenvalue weighted by Gasteiger charge is 2.10. The summed E-state index contributed by atoms with van der Waals surface area (Å²) in [6.45, 7) is 3.21. The first-order valence-electron chi connectivity index (χ1n) is 9.46.